The summed E-state index contributed by atoms with van der Waals surface area (Å²) in [6, 6.07) is 0. The summed E-state index contributed by atoms with van der Waals surface area (Å²) in [4.78, 5) is 12.4. The van der Waals surface area contributed by atoms with Crippen LogP contribution in [0.4, 0.5) is 0 Å². The largest absolute Gasteiger partial charge is 0.299 e. The van der Waals surface area contributed by atoms with Gasteiger partial charge in [0.1, 0.15) is 5.78 Å². The fourth-order valence-corrected chi connectivity index (χ4v) is 3.53. The van der Waals surface area contributed by atoms with E-state index in [-0.39, 0.29) is 0 Å². The summed E-state index contributed by atoms with van der Waals surface area (Å²) in [5.41, 5.74) is 0. The highest BCUT2D eigenvalue weighted by atomic mass is 16.1. The molecule has 0 spiro atoms. The average molecular weight is 222 g/mol. The van der Waals surface area contributed by atoms with Gasteiger partial charge in [-0.25, -0.2) is 0 Å². The summed E-state index contributed by atoms with van der Waals surface area (Å²) >= 11 is 0. The molecule has 2 saturated carbocycles. The Morgan fingerprint density at radius 1 is 0.812 bits per heavy atom. The van der Waals surface area contributed by atoms with Gasteiger partial charge in [0.15, 0.2) is 0 Å². The van der Waals surface area contributed by atoms with E-state index in [4.69, 9.17) is 0 Å². The molecule has 0 aliphatic heterocycles. The van der Waals surface area contributed by atoms with Gasteiger partial charge in [0.2, 0.25) is 0 Å². The molecule has 1 nitrogen and oxygen atoms in total. The minimum atomic E-state index is 0.411. The quantitative estimate of drug-likeness (QED) is 0.684. The molecule has 2 aliphatic rings. The van der Waals surface area contributed by atoms with Crippen LogP contribution < -0.4 is 0 Å². The Labute approximate surface area is 100.0 Å². The Morgan fingerprint density at radius 3 is 2.12 bits per heavy atom. The van der Waals surface area contributed by atoms with Crippen molar-refractivity contribution in [2.75, 3.05) is 0 Å². The van der Waals surface area contributed by atoms with Crippen LogP contribution in [0.2, 0.25) is 0 Å². The lowest BCUT2D eigenvalue weighted by Gasteiger charge is -2.33. The lowest BCUT2D eigenvalue weighted by atomic mass is 9.70. The van der Waals surface area contributed by atoms with Crippen LogP contribution in [0.5, 0.6) is 0 Å². The van der Waals surface area contributed by atoms with Crippen LogP contribution in [0.3, 0.4) is 0 Å². The minimum absolute atomic E-state index is 0.411. The molecule has 0 saturated heterocycles. The predicted molar refractivity (Wildman–Crippen MR) is 67.3 cm³/mol. The van der Waals surface area contributed by atoms with Crippen LogP contribution in [-0.4, -0.2) is 5.78 Å². The Morgan fingerprint density at radius 2 is 1.50 bits per heavy atom. The van der Waals surface area contributed by atoms with E-state index in [1.165, 1.54) is 44.9 Å². The summed E-state index contributed by atoms with van der Waals surface area (Å²) < 4.78 is 0. The van der Waals surface area contributed by atoms with E-state index in [1.807, 2.05) is 0 Å². The molecule has 2 aliphatic carbocycles. The standard InChI is InChI=1S/C15H26O/c1-11-8-9-14(10-12(11)2)15(16)13-6-4-3-5-7-13/h11-14H,3-10H2,1-2H3. The molecule has 0 heterocycles. The van der Waals surface area contributed by atoms with Crippen LogP contribution >= 0.6 is 0 Å². The fraction of sp³-hybridized carbons (Fsp3) is 0.933. The van der Waals surface area contributed by atoms with Crippen molar-refractivity contribution in [3.8, 4) is 0 Å². The zero-order valence-corrected chi connectivity index (χ0v) is 10.9. The molecule has 0 amide bonds. The smallest absolute Gasteiger partial charge is 0.139 e. The van der Waals surface area contributed by atoms with Crippen molar-refractivity contribution in [1.29, 1.82) is 0 Å². The Bertz CT molecular complexity index is 240. The van der Waals surface area contributed by atoms with Crippen molar-refractivity contribution in [3.63, 3.8) is 0 Å². The molecule has 0 N–H and O–H groups in total. The van der Waals surface area contributed by atoms with Gasteiger partial charge in [-0.3, -0.25) is 4.79 Å². The monoisotopic (exact) mass is 222 g/mol. The molecule has 0 aromatic rings. The van der Waals surface area contributed by atoms with E-state index in [1.54, 1.807) is 0 Å². The molecule has 0 aromatic heterocycles. The first-order chi connectivity index (χ1) is 7.68. The number of rotatable bonds is 2. The van der Waals surface area contributed by atoms with Crippen molar-refractivity contribution in [1.82, 2.24) is 0 Å². The highest BCUT2D eigenvalue weighted by Crippen LogP contribution is 2.37. The SMILES string of the molecule is CC1CCC(C(=O)C2CCCCC2)CC1C. The topological polar surface area (TPSA) is 17.1 Å². The first kappa shape index (κ1) is 12.1. The molecular formula is C15H26O. The number of carbonyl (C=O) groups excluding carboxylic acids is 1. The third-order valence-corrected chi connectivity index (χ3v) is 5.01. The first-order valence-corrected chi connectivity index (χ1v) is 7.22. The fourth-order valence-electron chi connectivity index (χ4n) is 3.53. The molecule has 2 fully saturated rings. The predicted octanol–water partition coefficient (Wildman–Crippen LogP) is 4.21. The van der Waals surface area contributed by atoms with Crippen molar-refractivity contribution in [3.05, 3.63) is 0 Å². The number of ketones is 1. The minimum Gasteiger partial charge on any atom is -0.299 e. The highest BCUT2D eigenvalue weighted by molar-refractivity contribution is 5.83. The highest BCUT2D eigenvalue weighted by Gasteiger charge is 2.33. The van der Waals surface area contributed by atoms with Crippen LogP contribution in [0.25, 0.3) is 0 Å². The van der Waals surface area contributed by atoms with Crippen molar-refractivity contribution in [2.24, 2.45) is 23.7 Å². The van der Waals surface area contributed by atoms with Gasteiger partial charge in [-0.05, 0) is 43.9 Å². The molecule has 0 radical (unpaired) electrons. The van der Waals surface area contributed by atoms with E-state index in [0.29, 0.717) is 17.6 Å². The van der Waals surface area contributed by atoms with E-state index >= 15 is 0 Å². The van der Waals surface area contributed by atoms with Gasteiger partial charge in [0.25, 0.3) is 0 Å². The van der Waals surface area contributed by atoms with Crippen LogP contribution in [0.1, 0.15) is 65.2 Å². The van der Waals surface area contributed by atoms with Gasteiger partial charge in [0.05, 0.1) is 0 Å². The molecule has 0 aromatic carbocycles. The molecule has 0 bridgehead atoms. The second-order valence-corrected chi connectivity index (χ2v) is 6.20. The second kappa shape index (κ2) is 5.33. The second-order valence-electron chi connectivity index (χ2n) is 6.20. The van der Waals surface area contributed by atoms with E-state index in [0.717, 1.165) is 18.3 Å². The van der Waals surface area contributed by atoms with Crippen molar-refractivity contribution < 1.29 is 4.79 Å². The maximum absolute atomic E-state index is 12.4. The van der Waals surface area contributed by atoms with Gasteiger partial charge in [-0.1, -0.05) is 33.1 Å². The summed E-state index contributed by atoms with van der Waals surface area (Å²) in [6.45, 7) is 4.66. The number of Topliss-reactive ketones (excluding diaryl/α,β-unsaturated/α-hetero) is 1. The third-order valence-electron chi connectivity index (χ3n) is 5.01. The number of carbonyl (C=O) groups is 1. The van der Waals surface area contributed by atoms with E-state index < -0.39 is 0 Å². The molecule has 1 heteroatoms. The average Bonchev–Trinajstić information content (AvgIpc) is 2.33. The zero-order chi connectivity index (χ0) is 11.5. The lowest BCUT2D eigenvalue weighted by molar-refractivity contribution is -0.129. The van der Waals surface area contributed by atoms with E-state index in [2.05, 4.69) is 13.8 Å². The molecule has 92 valence electrons. The molecular weight excluding hydrogens is 196 g/mol. The Balaban J connectivity index is 1.89. The summed E-state index contributed by atoms with van der Waals surface area (Å²) in [5.74, 6) is 3.05. The Kier molecular flexibility index (Phi) is 4.05. The third kappa shape index (κ3) is 2.67. The summed E-state index contributed by atoms with van der Waals surface area (Å²) in [7, 11) is 0. The zero-order valence-electron chi connectivity index (χ0n) is 10.9. The maximum Gasteiger partial charge on any atom is 0.139 e. The molecule has 3 unspecified atom stereocenters. The number of hydrogen-bond donors (Lipinski definition) is 0. The lowest BCUT2D eigenvalue weighted by Crippen LogP contribution is -2.31. The van der Waals surface area contributed by atoms with Crippen LogP contribution in [-0.2, 0) is 4.79 Å². The maximum atomic E-state index is 12.4. The first-order valence-electron chi connectivity index (χ1n) is 7.22. The molecule has 2 rings (SSSR count). The van der Waals surface area contributed by atoms with Gasteiger partial charge in [-0.15, -0.1) is 0 Å². The van der Waals surface area contributed by atoms with Gasteiger partial charge in [0, 0.05) is 11.8 Å². The summed E-state index contributed by atoms with van der Waals surface area (Å²) in [6.07, 6.45) is 9.88. The van der Waals surface area contributed by atoms with E-state index in [9.17, 15) is 4.79 Å². The normalized spacial score (nSPS) is 37.2. The van der Waals surface area contributed by atoms with Crippen molar-refractivity contribution >= 4 is 5.78 Å². The van der Waals surface area contributed by atoms with Gasteiger partial charge in [-0.2, -0.15) is 0 Å². The Hall–Kier alpha value is -0.330. The van der Waals surface area contributed by atoms with Gasteiger partial charge < -0.3 is 0 Å². The van der Waals surface area contributed by atoms with Gasteiger partial charge >= 0.3 is 0 Å². The van der Waals surface area contributed by atoms with Crippen LogP contribution in [0.15, 0.2) is 0 Å². The van der Waals surface area contributed by atoms with Crippen LogP contribution in [0, 0.1) is 23.7 Å². The summed E-state index contributed by atoms with van der Waals surface area (Å²) in [5, 5.41) is 0. The number of hydrogen-bond acceptors (Lipinski definition) is 1. The molecule has 3 atom stereocenters. The van der Waals surface area contributed by atoms with Crippen molar-refractivity contribution in [2.45, 2.75) is 65.2 Å². The molecule has 16 heavy (non-hydrogen) atoms.